The van der Waals surface area contributed by atoms with Crippen molar-refractivity contribution in [2.24, 2.45) is 0 Å². The highest BCUT2D eigenvalue weighted by Gasteiger charge is 1.88. The van der Waals surface area contributed by atoms with Gasteiger partial charge in [-0.25, -0.2) is 9.59 Å². The van der Waals surface area contributed by atoms with E-state index in [1.165, 1.54) is 13.8 Å². The Kier molecular flexibility index (Phi) is 18.3. The largest absolute Gasteiger partial charge is 0.478 e. The number of aliphatic hydroxyl groups excluding tert-OH is 2. The monoisotopic (exact) mass is 278 g/mol. The summed E-state index contributed by atoms with van der Waals surface area (Å²) >= 11 is 0. The van der Waals surface area contributed by atoms with Gasteiger partial charge in [0.25, 0.3) is 0 Å². The molecule has 0 spiro atoms. The van der Waals surface area contributed by atoms with E-state index in [9.17, 15) is 14.4 Å². The van der Waals surface area contributed by atoms with Crippen LogP contribution in [0.4, 0.5) is 0 Å². The molecule has 0 aromatic carbocycles. The van der Waals surface area contributed by atoms with Crippen LogP contribution in [-0.2, 0) is 19.1 Å². The van der Waals surface area contributed by atoms with Crippen LogP contribution in [0.3, 0.4) is 0 Å². The van der Waals surface area contributed by atoms with Crippen LogP contribution in [0.1, 0.15) is 13.8 Å². The van der Waals surface area contributed by atoms with Crippen LogP contribution in [0.5, 0.6) is 0 Å². The van der Waals surface area contributed by atoms with Gasteiger partial charge in [-0.05, 0) is 6.92 Å². The minimum atomic E-state index is -1.26. The van der Waals surface area contributed by atoms with E-state index in [-0.39, 0.29) is 12.6 Å². The van der Waals surface area contributed by atoms with E-state index in [0.717, 1.165) is 6.26 Å². The lowest BCUT2D eigenvalue weighted by atomic mass is 10.5. The van der Waals surface area contributed by atoms with Crippen molar-refractivity contribution in [1.82, 2.24) is 0 Å². The molecule has 4 N–H and O–H groups in total. The van der Waals surface area contributed by atoms with E-state index in [1.807, 2.05) is 0 Å². The third-order valence-corrected chi connectivity index (χ3v) is 0.882. The van der Waals surface area contributed by atoms with Crippen LogP contribution >= 0.6 is 0 Å². The van der Waals surface area contributed by atoms with Gasteiger partial charge in [-0.15, -0.1) is 0 Å². The fraction of sp³-hybridized carbons (Fsp3) is 0.364. The first-order valence-corrected chi connectivity index (χ1v) is 4.88. The Morgan fingerprint density at radius 3 is 1.58 bits per heavy atom. The maximum absolute atomic E-state index is 9.75. The fourth-order valence-corrected chi connectivity index (χ4v) is 0.260. The third-order valence-electron chi connectivity index (χ3n) is 0.882. The molecule has 0 saturated heterocycles. The first-order chi connectivity index (χ1) is 8.67. The van der Waals surface area contributed by atoms with Crippen molar-refractivity contribution in [2.45, 2.75) is 20.0 Å². The highest BCUT2D eigenvalue weighted by molar-refractivity contribution is 5.89. The quantitative estimate of drug-likeness (QED) is 0.314. The number of hydrogen-bond acceptors (Lipinski definition) is 6. The molecule has 0 aromatic heterocycles. The molecule has 0 radical (unpaired) electrons. The van der Waals surface area contributed by atoms with Crippen molar-refractivity contribution in [1.29, 1.82) is 0 Å². The van der Waals surface area contributed by atoms with E-state index in [4.69, 9.17) is 20.4 Å². The molecule has 0 aliphatic carbocycles. The molecule has 8 nitrogen and oxygen atoms in total. The van der Waals surface area contributed by atoms with Crippen molar-refractivity contribution in [2.75, 3.05) is 6.61 Å². The number of rotatable bonds is 4. The topological polar surface area (TPSA) is 141 Å². The molecule has 0 aliphatic heterocycles. The summed E-state index contributed by atoms with van der Waals surface area (Å²) in [5.41, 5.74) is 0. The molecule has 110 valence electrons. The Bertz CT molecular complexity index is 290. The Balaban J connectivity index is -0.000000209. The van der Waals surface area contributed by atoms with Crippen LogP contribution in [0.25, 0.3) is 0 Å². The van der Waals surface area contributed by atoms with Gasteiger partial charge in [-0.2, -0.15) is 0 Å². The number of ether oxygens (including phenoxy) is 1. The van der Waals surface area contributed by atoms with Crippen LogP contribution in [-0.4, -0.2) is 51.0 Å². The molecule has 0 aliphatic rings. The summed E-state index contributed by atoms with van der Waals surface area (Å²) in [4.78, 5) is 28.9. The number of hydrogen-bond donors (Lipinski definition) is 4. The minimum Gasteiger partial charge on any atom is -0.478 e. The van der Waals surface area contributed by atoms with Crippen molar-refractivity contribution in [3.8, 4) is 0 Å². The summed E-state index contributed by atoms with van der Waals surface area (Å²) in [6, 6.07) is 0. The van der Waals surface area contributed by atoms with Crippen molar-refractivity contribution in [3.05, 3.63) is 25.0 Å². The number of carbonyl (C=O) groups excluding carboxylic acids is 1. The number of carbonyl (C=O) groups is 3. The normalized spacial score (nSPS) is 10.1. The number of esters is 1. The first kappa shape index (κ1) is 22.0. The number of carboxylic acids is 2. The molecule has 19 heavy (non-hydrogen) atoms. The molecule has 0 amide bonds. The molecule has 0 rings (SSSR count). The molecule has 0 heterocycles. The summed E-state index contributed by atoms with van der Waals surface area (Å²) in [6.07, 6.45) is 1.66. The van der Waals surface area contributed by atoms with E-state index >= 15 is 0 Å². The number of aliphatic hydroxyl groups is 2. The summed E-state index contributed by atoms with van der Waals surface area (Å²) in [5.74, 6) is -2.84. The highest BCUT2D eigenvalue weighted by Crippen LogP contribution is 1.71. The minimum absolute atomic E-state index is 0.139. The lowest BCUT2D eigenvalue weighted by Gasteiger charge is -1.90. The SMILES string of the molecule is C=COC(C)=O.CC(O)CO.O=C(O)C=CC(=O)O. The van der Waals surface area contributed by atoms with Gasteiger partial charge < -0.3 is 25.2 Å². The molecular formula is C11H18O8. The lowest BCUT2D eigenvalue weighted by molar-refractivity contribution is -0.135. The van der Waals surface area contributed by atoms with Crippen molar-refractivity contribution < 1.29 is 39.5 Å². The Labute approximate surface area is 110 Å². The third kappa shape index (κ3) is 49.4. The smallest absolute Gasteiger partial charge is 0.328 e. The van der Waals surface area contributed by atoms with Crippen LogP contribution in [0.2, 0.25) is 0 Å². The second kappa shape index (κ2) is 15.8. The second-order valence-electron chi connectivity index (χ2n) is 2.82. The van der Waals surface area contributed by atoms with E-state index in [0.29, 0.717) is 12.2 Å². The van der Waals surface area contributed by atoms with E-state index < -0.39 is 18.0 Å². The zero-order valence-corrected chi connectivity index (χ0v) is 10.6. The summed E-state index contributed by atoms with van der Waals surface area (Å²) in [5, 5.41) is 31.6. The fourth-order valence-electron chi connectivity index (χ4n) is 0.260. The molecule has 0 saturated carbocycles. The number of carboxylic acid groups (broad SMARTS) is 2. The summed E-state index contributed by atoms with van der Waals surface area (Å²) in [6.45, 7) is 5.87. The van der Waals surface area contributed by atoms with Gasteiger partial charge in [-0.3, -0.25) is 4.79 Å². The van der Waals surface area contributed by atoms with Gasteiger partial charge in [0, 0.05) is 19.1 Å². The van der Waals surface area contributed by atoms with Crippen LogP contribution < -0.4 is 0 Å². The second-order valence-corrected chi connectivity index (χ2v) is 2.82. The molecule has 1 unspecified atom stereocenters. The summed E-state index contributed by atoms with van der Waals surface area (Å²) in [7, 11) is 0. The Morgan fingerprint density at radius 2 is 1.53 bits per heavy atom. The maximum atomic E-state index is 9.75. The van der Waals surface area contributed by atoms with Crippen molar-refractivity contribution in [3.63, 3.8) is 0 Å². The van der Waals surface area contributed by atoms with Gasteiger partial charge in [0.05, 0.1) is 19.0 Å². The van der Waals surface area contributed by atoms with Gasteiger partial charge in [0.15, 0.2) is 0 Å². The van der Waals surface area contributed by atoms with Crippen molar-refractivity contribution >= 4 is 17.9 Å². The average molecular weight is 278 g/mol. The van der Waals surface area contributed by atoms with Gasteiger partial charge in [-0.1, -0.05) is 6.58 Å². The molecule has 8 heteroatoms. The highest BCUT2D eigenvalue weighted by atomic mass is 16.5. The standard InChI is InChI=1S/C4H4O4.C4H6O2.C3H8O2/c5-3(6)1-2-4(7)8;1-3-6-4(2)5;1-3(5)2-4/h1-2H,(H,5,6)(H,7,8);3H,1H2,2H3;3-5H,2H2,1H3. The van der Waals surface area contributed by atoms with E-state index in [1.54, 1.807) is 0 Å². The Hall–Kier alpha value is -2.19. The maximum Gasteiger partial charge on any atom is 0.328 e. The zero-order chi connectivity index (χ0) is 15.8. The molecule has 1 atom stereocenters. The molecular weight excluding hydrogens is 260 g/mol. The molecule has 0 aromatic rings. The first-order valence-electron chi connectivity index (χ1n) is 4.88. The van der Waals surface area contributed by atoms with Crippen LogP contribution in [0, 0.1) is 0 Å². The predicted octanol–water partition coefficient (Wildman–Crippen LogP) is -0.236. The summed E-state index contributed by atoms with van der Waals surface area (Å²) < 4.78 is 4.17. The average Bonchev–Trinajstić information content (AvgIpc) is 2.27. The zero-order valence-electron chi connectivity index (χ0n) is 10.6. The molecule has 0 bridgehead atoms. The lowest BCUT2D eigenvalue weighted by Crippen LogP contribution is -2.03. The molecule has 0 fully saturated rings. The van der Waals surface area contributed by atoms with Gasteiger partial charge in [0.2, 0.25) is 0 Å². The van der Waals surface area contributed by atoms with Gasteiger partial charge >= 0.3 is 17.9 Å². The number of aliphatic carboxylic acids is 2. The van der Waals surface area contributed by atoms with Gasteiger partial charge in [0.1, 0.15) is 0 Å². The van der Waals surface area contributed by atoms with E-state index in [2.05, 4.69) is 11.3 Å². The predicted molar refractivity (Wildman–Crippen MR) is 65.1 cm³/mol. The Morgan fingerprint density at radius 1 is 1.21 bits per heavy atom. The van der Waals surface area contributed by atoms with Crippen LogP contribution in [0.15, 0.2) is 25.0 Å².